The second-order valence-electron chi connectivity index (χ2n) is 4.80. The third kappa shape index (κ3) is 3.46. The number of rotatable bonds is 5. The molecule has 0 aliphatic heterocycles. The van der Waals surface area contributed by atoms with Crippen LogP contribution in [-0.2, 0) is 16.5 Å². The molecule has 2 rings (SSSR count). The minimum Gasteiger partial charge on any atom is -0.465 e. The van der Waals surface area contributed by atoms with Gasteiger partial charge in [0, 0.05) is 13.2 Å². The number of methoxy groups -OCH3 is 1. The van der Waals surface area contributed by atoms with E-state index in [2.05, 4.69) is 10.4 Å². The van der Waals surface area contributed by atoms with Gasteiger partial charge in [0.2, 0.25) is 0 Å². The Morgan fingerprint density at radius 2 is 2.04 bits per heavy atom. The number of carbonyl (C=O) groups is 3. The van der Waals surface area contributed by atoms with Gasteiger partial charge < -0.3 is 14.8 Å². The predicted octanol–water partition coefficient (Wildman–Crippen LogP) is 2.01. The van der Waals surface area contributed by atoms with Crippen molar-refractivity contribution in [1.29, 1.82) is 0 Å². The topological polar surface area (TPSA) is 99.5 Å². The molecule has 1 amide bonds. The molecule has 0 fully saturated rings. The van der Waals surface area contributed by atoms with Crippen LogP contribution in [0.5, 0.6) is 0 Å². The van der Waals surface area contributed by atoms with Gasteiger partial charge in [-0.25, -0.2) is 9.59 Å². The molecule has 0 radical (unpaired) electrons. The monoisotopic (exact) mass is 351 g/mol. The zero-order valence-corrected chi connectivity index (χ0v) is 14.5. The largest absolute Gasteiger partial charge is 0.465 e. The number of ether oxygens (including phenoxy) is 2. The zero-order chi connectivity index (χ0) is 17.9. The first-order valence-corrected chi connectivity index (χ1v) is 7.90. The lowest BCUT2D eigenvalue weighted by molar-refractivity contribution is 0.0531. The Morgan fingerprint density at radius 3 is 2.58 bits per heavy atom. The lowest BCUT2D eigenvalue weighted by Crippen LogP contribution is -2.15. The van der Waals surface area contributed by atoms with Gasteiger partial charge in [0.1, 0.15) is 9.88 Å². The second-order valence-corrected chi connectivity index (χ2v) is 5.82. The molecule has 0 saturated heterocycles. The van der Waals surface area contributed by atoms with Crippen LogP contribution in [0, 0.1) is 6.92 Å². The van der Waals surface area contributed by atoms with E-state index < -0.39 is 17.8 Å². The van der Waals surface area contributed by atoms with Crippen LogP contribution in [-0.4, -0.2) is 41.3 Å². The molecule has 0 atom stereocenters. The highest BCUT2D eigenvalue weighted by Gasteiger charge is 2.27. The lowest BCUT2D eigenvalue weighted by atomic mass is 10.1. The Bertz CT molecular complexity index is 793. The average Bonchev–Trinajstić information content (AvgIpc) is 3.11. The van der Waals surface area contributed by atoms with Gasteiger partial charge in [-0.3, -0.25) is 9.48 Å². The predicted molar refractivity (Wildman–Crippen MR) is 87.5 cm³/mol. The van der Waals surface area contributed by atoms with Crippen LogP contribution in [0.2, 0.25) is 0 Å². The fraction of sp³-hybridized carbons (Fsp3) is 0.333. The van der Waals surface area contributed by atoms with E-state index in [1.165, 1.54) is 11.8 Å². The summed E-state index contributed by atoms with van der Waals surface area (Å²) >= 11 is 0.966. The third-order valence-electron chi connectivity index (χ3n) is 3.17. The highest BCUT2D eigenvalue weighted by molar-refractivity contribution is 7.18. The molecule has 8 nitrogen and oxygen atoms in total. The van der Waals surface area contributed by atoms with Crippen LogP contribution in [0.15, 0.2) is 12.3 Å². The van der Waals surface area contributed by atoms with E-state index in [-0.39, 0.29) is 27.7 Å². The van der Waals surface area contributed by atoms with E-state index in [0.29, 0.717) is 5.56 Å². The van der Waals surface area contributed by atoms with Gasteiger partial charge in [0.05, 0.1) is 19.3 Å². The van der Waals surface area contributed by atoms with Crippen molar-refractivity contribution in [2.75, 3.05) is 19.0 Å². The number of nitrogens with zero attached hydrogens (tertiary/aromatic N) is 2. The lowest BCUT2D eigenvalue weighted by Gasteiger charge is -2.04. The molecule has 128 valence electrons. The first-order chi connectivity index (χ1) is 11.4. The van der Waals surface area contributed by atoms with E-state index in [1.54, 1.807) is 33.2 Å². The number of amides is 1. The summed E-state index contributed by atoms with van der Waals surface area (Å²) in [6, 6.07) is 1.54. The van der Waals surface area contributed by atoms with E-state index in [1.807, 2.05) is 0 Å². The van der Waals surface area contributed by atoms with Gasteiger partial charge in [-0.2, -0.15) is 5.10 Å². The number of aryl methyl sites for hydroxylation is 1. The maximum atomic E-state index is 12.3. The SMILES string of the molecule is CCOC(=O)c1sc(NC(=O)c2ccn(C)n2)c(C(=O)OC)c1C. The van der Waals surface area contributed by atoms with E-state index in [0.717, 1.165) is 11.3 Å². The molecule has 2 aromatic heterocycles. The fourth-order valence-corrected chi connectivity index (χ4v) is 3.13. The van der Waals surface area contributed by atoms with Crippen LogP contribution in [0.25, 0.3) is 0 Å². The molecule has 0 aliphatic carbocycles. The summed E-state index contributed by atoms with van der Waals surface area (Å²) in [5.74, 6) is -1.68. The first kappa shape index (κ1) is 17.7. The molecule has 9 heteroatoms. The summed E-state index contributed by atoms with van der Waals surface area (Å²) in [6.07, 6.45) is 1.62. The molecule has 0 saturated carbocycles. The zero-order valence-electron chi connectivity index (χ0n) is 13.7. The Hall–Kier alpha value is -2.68. The molecule has 0 unspecified atom stereocenters. The van der Waals surface area contributed by atoms with Gasteiger partial charge in [0.25, 0.3) is 5.91 Å². The molecular formula is C15H17N3O5S. The molecule has 2 heterocycles. The molecule has 1 N–H and O–H groups in total. The number of esters is 2. The highest BCUT2D eigenvalue weighted by Crippen LogP contribution is 2.34. The van der Waals surface area contributed by atoms with Crippen LogP contribution >= 0.6 is 11.3 Å². The number of hydrogen-bond donors (Lipinski definition) is 1. The summed E-state index contributed by atoms with van der Waals surface area (Å²) in [4.78, 5) is 36.5. The van der Waals surface area contributed by atoms with Crippen molar-refractivity contribution >= 4 is 34.2 Å². The van der Waals surface area contributed by atoms with Crippen molar-refractivity contribution in [3.05, 3.63) is 34.0 Å². The minimum atomic E-state index is -0.643. The summed E-state index contributed by atoms with van der Waals surface area (Å²) < 4.78 is 11.2. The Labute approximate surface area is 142 Å². The number of nitrogens with one attached hydrogen (secondary N) is 1. The molecule has 0 bridgehead atoms. The number of thiophene rings is 1. The van der Waals surface area contributed by atoms with Crippen molar-refractivity contribution in [2.45, 2.75) is 13.8 Å². The molecule has 24 heavy (non-hydrogen) atoms. The van der Waals surface area contributed by atoms with Gasteiger partial charge in [-0.15, -0.1) is 11.3 Å². The minimum absolute atomic E-state index is 0.134. The standard InChI is InChI=1S/C15H17N3O5S/c1-5-23-15(21)11-8(2)10(14(20)22-4)13(24-11)16-12(19)9-6-7-18(3)17-9/h6-7H,5H2,1-4H3,(H,16,19). The summed E-state index contributed by atoms with van der Waals surface area (Å²) in [6.45, 7) is 3.50. The van der Waals surface area contributed by atoms with Crippen molar-refractivity contribution in [2.24, 2.45) is 7.05 Å². The Morgan fingerprint density at radius 1 is 1.33 bits per heavy atom. The molecule has 0 spiro atoms. The Kier molecular flexibility index (Phi) is 5.35. The van der Waals surface area contributed by atoms with Gasteiger partial charge >= 0.3 is 11.9 Å². The number of anilines is 1. The highest BCUT2D eigenvalue weighted by atomic mass is 32.1. The number of aromatic nitrogens is 2. The van der Waals surface area contributed by atoms with Crippen molar-refractivity contribution < 1.29 is 23.9 Å². The maximum Gasteiger partial charge on any atom is 0.348 e. The van der Waals surface area contributed by atoms with Crippen molar-refractivity contribution in [1.82, 2.24) is 9.78 Å². The van der Waals surface area contributed by atoms with Crippen LogP contribution < -0.4 is 5.32 Å². The van der Waals surface area contributed by atoms with Crippen LogP contribution in [0.4, 0.5) is 5.00 Å². The fourth-order valence-electron chi connectivity index (χ4n) is 2.04. The van der Waals surface area contributed by atoms with Gasteiger partial charge in [-0.05, 0) is 25.5 Å². The normalized spacial score (nSPS) is 10.3. The van der Waals surface area contributed by atoms with Crippen molar-refractivity contribution in [3.8, 4) is 0 Å². The first-order valence-electron chi connectivity index (χ1n) is 7.08. The number of carbonyl (C=O) groups excluding carboxylic acids is 3. The van der Waals surface area contributed by atoms with Crippen molar-refractivity contribution in [3.63, 3.8) is 0 Å². The Balaban J connectivity index is 2.40. The average molecular weight is 351 g/mol. The summed E-state index contributed by atoms with van der Waals surface area (Å²) in [5.41, 5.74) is 0.730. The van der Waals surface area contributed by atoms with E-state index in [4.69, 9.17) is 9.47 Å². The van der Waals surface area contributed by atoms with Crippen LogP contribution in [0.3, 0.4) is 0 Å². The van der Waals surface area contributed by atoms with Crippen LogP contribution in [0.1, 0.15) is 43.0 Å². The smallest absolute Gasteiger partial charge is 0.348 e. The quantitative estimate of drug-likeness (QED) is 0.827. The maximum absolute atomic E-state index is 12.3. The molecule has 0 aliphatic rings. The molecule has 0 aromatic carbocycles. The molecule has 2 aromatic rings. The van der Waals surface area contributed by atoms with E-state index in [9.17, 15) is 14.4 Å². The van der Waals surface area contributed by atoms with E-state index >= 15 is 0 Å². The summed E-state index contributed by atoms with van der Waals surface area (Å²) in [7, 11) is 2.92. The van der Waals surface area contributed by atoms with Gasteiger partial charge in [0.15, 0.2) is 5.69 Å². The molecular weight excluding hydrogens is 334 g/mol. The third-order valence-corrected chi connectivity index (χ3v) is 4.36. The van der Waals surface area contributed by atoms with Gasteiger partial charge in [-0.1, -0.05) is 0 Å². The second kappa shape index (κ2) is 7.26. The number of hydrogen-bond acceptors (Lipinski definition) is 7. The summed E-state index contributed by atoms with van der Waals surface area (Å²) in [5, 5.41) is 6.83.